The van der Waals surface area contributed by atoms with Gasteiger partial charge < -0.3 is 9.80 Å². The first kappa shape index (κ1) is 14.1. The lowest BCUT2D eigenvalue weighted by Crippen LogP contribution is -2.31. The van der Waals surface area contributed by atoms with Gasteiger partial charge in [0.05, 0.1) is 17.8 Å². The van der Waals surface area contributed by atoms with Gasteiger partial charge in [-0.15, -0.1) is 0 Å². The number of pyridine rings is 1. The maximum Gasteiger partial charge on any atom is 0.258 e. The van der Waals surface area contributed by atoms with E-state index in [-0.39, 0.29) is 5.91 Å². The van der Waals surface area contributed by atoms with Crippen molar-refractivity contribution in [3.63, 3.8) is 0 Å². The highest BCUT2D eigenvalue weighted by Gasteiger charge is 2.30. The Bertz CT molecular complexity index is 712. The van der Waals surface area contributed by atoms with Gasteiger partial charge in [0.15, 0.2) is 0 Å². The number of fused-ring (bicyclic) bond motifs is 1. The minimum absolute atomic E-state index is 0.00838. The Morgan fingerprint density at radius 2 is 2.00 bits per heavy atom. The maximum absolute atomic E-state index is 12.5. The highest BCUT2D eigenvalue weighted by Crippen LogP contribution is 2.25. The predicted octanol–water partition coefficient (Wildman–Crippen LogP) is 2.02. The molecule has 23 heavy (non-hydrogen) atoms. The maximum atomic E-state index is 12.5. The average Bonchev–Trinajstić information content (AvgIpc) is 2.92. The van der Waals surface area contributed by atoms with Gasteiger partial charge in [-0.05, 0) is 30.9 Å². The van der Waals surface area contributed by atoms with Crippen molar-refractivity contribution in [2.24, 2.45) is 0 Å². The largest absolute Gasteiger partial charge is 0.341 e. The Labute approximate surface area is 135 Å². The van der Waals surface area contributed by atoms with Gasteiger partial charge in [-0.3, -0.25) is 9.78 Å². The van der Waals surface area contributed by atoms with Crippen molar-refractivity contribution in [2.45, 2.75) is 32.4 Å². The van der Waals surface area contributed by atoms with Crippen molar-refractivity contribution in [3.05, 3.63) is 47.5 Å². The van der Waals surface area contributed by atoms with Gasteiger partial charge in [0, 0.05) is 38.2 Å². The summed E-state index contributed by atoms with van der Waals surface area (Å²) in [5.74, 6) is 0.772. The van der Waals surface area contributed by atoms with Gasteiger partial charge >= 0.3 is 0 Å². The first-order chi connectivity index (χ1) is 11.3. The molecule has 0 spiro atoms. The number of piperidine rings is 1. The van der Waals surface area contributed by atoms with Crippen LogP contribution in [0.25, 0.3) is 0 Å². The SMILES string of the molecule is O=C1c2cnc(N3CCCCC3)nc2CN1Cc1cccnc1. The molecule has 2 aromatic rings. The van der Waals surface area contributed by atoms with Crippen molar-refractivity contribution in [1.82, 2.24) is 19.9 Å². The number of hydrogen-bond donors (Lipinski definition) is 0. The van der Waals surface area contributed by atoms with Crippen molar-refractivity contribution >= 4 is 11.9 Å². The van der Waals surface area contributed by atoms with Crippen LogP contribution in [0.2, 0.25) is 0 Å². The summed E-state index contributed by atoms with van der Waals surface area (Å²) in [6, 6.07) is 3.87. The Hall–Kier alpha value is -2.50. The first-order valence-electron chi connectivity index (χ1n) is 8.10. The van der Waals surface area contributed by atoms with Gasteiger partial charge in [-0.1, -0.05) is 6.07 Å². The fraction of sp³-hybridized carbons (Fsp3) is 0.412. The second-order valence-electron chi connectivity index (χ2n) is 6.10. The second kappa shape index (κ2) is 5.95. The molecule has 0 aliphatic carbocycles. The zero-order valence-corrected chi connectivity index (χ0v) is 13.0. The summed E-state index contributed by atoms with van der Waals surface area (Å²) in [6.07, 6.45) is 8.87. The van der Waals surface area contributed by atoms with Gasteiger partial charge in [0.2, 0.25) is 5.95 Å². The fourth-order valence-electron chi connectivity index (χ4n) is 3.21. The summed E-state index contributed by atoms with van der Waals surface area (Å²) >= 11 is 0. The minimum Gasteiger partial charge on any atom is -0.341 e. The third kappa shape index (κ3) is 2.76. The van der Waals surface area contributed by atoms with Crippen LogP contribution in [0.15, 0.2) is 30.7 Å². The van der Waals surface area contributed by atoms with E-state index in [1.165, 1.54) is 19.3 Å². The lowest BCUT2D eigenvalue weighted by Gasteiger charge is -2.26. The van der Waals surface area contributed by atoms with Gasteiger partial charge in [0.1, 0.15) is 0 Å². The van der Waals surface area contributed by atoms with Crippen LogP contribution in [0.5, 0.6) is 0 Å². The number of hydrogen-bond acceptors (Lipinski definition) is 5. The summed E-state index contributed by atoms with van der Waals surface area (Å²) in [5, 5.41) is 0. The van der Waals surface area contributed by atoms with Crippen molar-refractivity contribution in [1.29, 1.82) is 0 Å². The quantitative estimate of drug-likeness (QED) is 0.868. The van der Waals surface area contributed by atoms with Gasteiger partial charge in [-0.25, -0.2) is 9.97 Å². The molecule has 0 aromatic carbocycles. The zero-order valence-electron chi connectivity index (χ0n) is 13.0. The first-order valence-corrected chi connectivity index (χ1v) is 8.10. The van der Waals surface area contributed by atoms with Crippen LogP contribution in [-0.4, -0.2) is 38.8 Å². The molecule has 0 unspecified atom stereocenters. The minimum atomic E-state index is 0.00838. The molecule has 0 saturated carbocycles. The molecule has 1 fully saturated rings. The topological polar surface area (TPSA) is 62.2 Å². The molecule has 6 heteroatoms. The normalized spacial score (nSPS) is 17.5. The zero-order chi connectivity index (χ0) is 15.6. The fourth-order valence-corrected chi connectivity index (χ4v) is 3.21. The van der Waals surface area contributed by atoms with Crippen LogP contribution >= 0.6 is 0 Å². The third-order valence-corrected chi connectivity index (χ3v) is 4.45. The molecule has 1 saturated heterocycles. The van der Waals surface area contributed by atoms with E-state index < -0.39 is 0 Å². The molecule has 1 amide bonds. The van der Waals surface area contributed by atoms with Crippen LogP contribution in [0, 0.1) is 0 Å². The van der Waals surface area contributed by atoms with Gasteiger partial charge in [0.25, 0.3) is 5.91 Å². The van der Waals surface area contributed by atoms with E-state index in [0.717, 1.165) is 30.3 Å². The molecule has 0 N–H and O–H groups in total. The molecule has 2 aliphatic rings. The summed E-state index contributed by atoms with van der Waals surface area (Å²) in [4.78, 5) is 29.7. The van der Waals surface area contributed by atoms with Gasteiger partial charge in [-0.2, -0.15) is 0 Å². The lowest BCUT2D eigenvalue weighted by molar-refractivity contribution is 0.0766. The highest BCUT2D eigenvalue weighted by atomic mass is 16.2. The third-order valence-electron chi connectivity index (χ3n) is 4.45. The molecule has 118 valence electrons. The van der Waals surface area contributed by atoms with E-state index in [1.807, 2.05) is 12.1 Å². The smallest absolute Gasteiger partial charge is 0.258 e. The van der Waals surface area contributed by atoms with Crippen LogP contribution in [-0.2, 0) is 13.1 Å². The molecule has 0 bridgehead atoms. The van der Waals surface area contributed by atoms with E-state index in [0.29, 0.717) is 18.7 Å². The number of nitrogens with zero attached hydrogens (tertiary/aromatic N) is 5. The van der Waals surface area contributed by atoms with E-state index >= 15 is 0 Å². The standard InChI is InChI=1S/C17H19N5O/c23-16-14-10-19-17(21-7-2-1-3-8-21)20-15(14)12-22(16)11-13-5-4-6-18-9-13/h4-6,9-10H,1-3,7-8,11-12H2. The van der Waals surface area contributed by atoms with E-state index in [9.17, 15) is 4.79 Å². The van der Waals surface area contributed by atoms with Crippen molar-refractivity contribution < 1.29 is 4.79 Å². The summed E-state index contributed by atoms with van der Waals surface area (Å²) in [7, 11) is 0. The molecule has 4 heterocycles. The molecular weight excluding hydrogens is 290 g/mol. The van der Waals surface area contributed by atoms with Crippen LogP contribution in [0.1, 0.15) is 40.9 Å². The van der Waals surface area contributed by atoms with Crippen LogP contribution in [0.4, 0.5) is 5.95 Å². The molecule has 2 aromatic heterocycles. The van der Waals surface area contributed by atoms with Crippen molar-refractivity contribution in [2.75, 3.05) is 18.0 Å². The number of carbonyl (C=O) groups excluding carboxylic acids is 1. The monoisotopic (exact) mass is 309 g/mol. The Kier molecular flexibility index (Phi) is 3.65. The lowest BCUT2D eigenvalue weighted by atomic mass is 10.1. The number of rotatable bonds is 3. The van der Waals surface area contributed by atoms with E-state index in [2.05, 4.69) is 19.9 Å². The molecule has 2 aliphatic heterocycles. The highest BCUT2D eigenvalue weighted by molar-refractivity contribution is 5.97. The molecule has 0 atom stereocenters. The molecule has 6 nitrogen and oxygen atoms in total. The summed E-state index contributed by atoms with van der Waals surface area (Å²) in [6.45, 7) is 3.12. The molecule has 0 radical (unpaired) electrons. The van der Waals surface area contributed by atoms with Crippen LogP contribution < -0.4 is 4.90 Å². The number of carbonyl (C=O) groups is 1. The number of aromatic nitrogens is 3. The summed E-state index contributed by atoms with van der Waals surface area (Å²) < 4.78 is 0. The molecular formula is C17H19N5O. The Morgan fingerprint density at radius 1 is 1.13 bits per heavy atom. The van der Waals surface area contributed by atoms with Crippen molar-refractivity contribution in [3.8, 4) is 0 Å². The average molecular weight is 309 g/mol. The number of amides is 1. The second-order valence-corrected chi connectivity index (χ2v) is 6.10. The van der Waals surface area contributed by atoms with Crippen LogP contribution in [0.3, 0.4) is 0 Å². The Balaban J connectivity index is 1.53. The van der Waals surface area contributed by atoms with E-state index in [1.54, 1.807) is 23.5 Å². The predicted molar refractivity (Wildman–Crippen MR) is 85.9 cm³/mol. The number of anilines is 1. The summed E-state index contributed by atoms with van der Waals surface area (Å²) in [5.41, 5.74) is 2.50. The molecule has 4 rings (SSSR count). The van der Waals surface area contributed by atoms with E-state index in [4.69, 9.17) is 0 Å². The Morgan fingerprint density at radius 3 is 2.78 bits per heavy atom.